The monoisotopic (exact) mass is 378 g/mol. The molecule has 0 aliphatic rings. The van der Waals surface area contributed by atoms with Gasteiger partial charge in [-0.1, -0.05) is 52.3 Å². The number of carbonyl (C=O) groups excluding carboxylic acids is 1. The molecule has 1 atom stereocenters. The number of nitrogens with one attached hydrogen (secondary N) is 2. The third kappa shape index (κ3) is 5.39. The first-order valence-electron chi connectivity index (χ1n) is 7.13. The van der Waals surface area contributed by atoms with Crippen LogP contribution in [0.1, 0.15) is 18.5 Å². The van der Waals surface area contributed by atoms with Crippen LogP contribution in [-0.2, 0) is 0 Å². The SMILES string of the molecule is CC(NC(=O)NCCSc1ccccc1)c1ccccc1Br. The lowest BCUT2D eigenvalue weighted by atomic mass is 10.1. The molecule has 0 fully saturated rings. The van der Waals surface area contributed by atoms with Crippen LogP contribution in [0.5, 0.6) is 0 Å². The number of halogens is 1. The van der Waals surface area contributed by atoms with Crippen LogP contribution in [0.25, 0.3) is 0 Å². The molecule has 2 aromatic rings. The summed E-state index contributed by atoms with van der Waals surface area (Å²) in [7, 11) is 0. The molecule has 3 nitrogen and oxygen atoms in total. The largest absolute Gasteiger partial charge is 0.337 e. The molecule has 1 unspecified atom stereocenters. The van der Waals surface area contributed by atoms with E-state index < -0.39 is 0 Å². The first-order chi connectivity index (χ1) is 10.7. The van der Waals surface area contributed by atoms with Gasteiger partial charge >= 0.3 is 6.03 Å². The lowest BCUT2D eigenvalue weighted by Gasteiger charge is -2.16. The molecule has 5 heteroatoms. The van der Waals surface area contributed by atoms with Gasteiger partial charge in [0.2, 0.25) is 0 Å². The van der Waals surface area contributed by atoms with Crippen LogP contribution >= 0.6 is 27.7 Å². The van der Waals surface area contributed by atoms with Gasteiger partial charge < -0.3 is 10.6 Å². The van der Waals surface area contributed by atoms with Crippen LogP contribution in [0.3, 0.4) is 0 Å². The van der Waals surface area contributed by atoms with Crippen molar-refractivity contribution < 1.29 is 4.79 Å². The molecule has 0 aliphatic carbocycles. The number of urea groups is 1. The molecular weight excluding hydrogens is 360 g/mol. The Bertz CT molecular complexity index is 607. The summed E-state index contributed by atoms with van der Waals surface area (Å²) < 4.78 is 1.00. The van der Waals surface area contributed by atoms with Crippen LogP contribution in [0.4, 0.5) is 4.79 Å². The van der Waals surface area contributed by atoms with Gasteiger partial charge in [-0.2, -0.15) is 0 Å². The van der Waals surface area contributed by atoms with E-state index in [1.165, 1.54) is 4.90 Å². The van der Waals surface area contributed by atoms with Gasteiger partial charge in [0, 0.05) is 21.7 Å². The molecule has 2 N–H and O–H groups in total. The Morgan fingerprint density at radius 2 is 1.82 bits per heavy atom. The number of amides is 2. The summed E-state index contributed by atoms with van der Waals surface area (Å²) in [4.78, 5) is 13.1. The molecule has 2 rings (SSSR count). The maximum absolute atomic E-state index is 11.9. The smallest absolute Gasteiger partial charge is 0.315 e. The van der Waals surface area contributed by atoms with Gasteiger partial charge in [-0.3, -0.25) is 0 Å². The summed E-state index contributed by atoms with van der Waals surface area (Å²) in [5, 5.41) is 5.83. The number of carbonyl (C=O) groups is 1. The van der Waals surface area contributed by atoms with Crippen molar-refractivity contribution in [3.05, 3.63) is 64.6 Å². The maximum atomic E-state index is 11.9. The zero-order valence-corrected chi connectivity index (χ0v) is 14.8. The number of hydrogen-bond acceptors (Lipinski definition) is 2. The molecule has 0 spiro atoms. The maximum Gasteiger partial charge on any atom is 0.315 e. The predicted octanol–water partition coefficient (Wildman–Crippen LogP) is 4.60. The Hall–Kier alpha value is -1.46. The van der Waals surface area contributed by atoms with Gasteiger partial charge in [-0.15, -0.1) is 11.8 Å². The number of rotatable bonds is 6. The second-order valence-electron chi connectivity index (χ2n) is 4.80. The second kappa shape index (κ2) is 8.86. The van der Waals surface area contributed by atoms with E-state index in [2.05, 4.69) is 38.7 Å². The van der Waals surface area contributed by atoms with E-state index in [4.69, 9.17) is 0 Å². The Labute approximate surface area is 144 Å². The quantitative estimate of drug-likeness (QED) is 0.569. The standard InChI is InChI=1S/C17H19BrN2OS/c1-13(15-9-5-6-10-16(15)18)20-17(21)19-11-12-22-14-7-3-2-4-8-14/h2-10,13H,11-12H2,1H3,(H2,19,20,21). The highest BCUT2D eigenvalue weighted by atomic mass is 79.9. The van der Waals surface area contributed by atoms with Crippen molar-refractivity contribution in [1.29, 1.82) is 0 Å². The Morgan fingerprint density at radius 1 is 1.14 bits per heavy atom. The lowest BCUT2D eigenvalue weighted by Crippen LogP contribution is -2.38. The Balaban J connectivity index is 1.71. The summed E-state index contributed by atoms with van der Waals surface area (Å²) in [5.41, 5.74) is 1.07. The minimum Gasteiger partial charge on any atom is -0.337 e. The van der Waals surface area contributed by atoms with E-state index in [1.54, 1.807) is 11.8 Å². The summed E-state index contributed by atoms with van der Waals surface area (Å²) in [6.45, 7) is 2.60. The normalized spacial score (nSPS) is 11.7. The van der Waals surface area contributed by atoms with Crippen molar-refractivity contribution in [2.75, 3.05) is 12.3 Å². The predicted molar refractivity (Wildman–Crippen MR) is 96.3 cm³/mol. The average molecular weight is 379 g/mol. The summed E-state index contributed by atoms with van der Waals surface area (Å²) in [5.74, 6) is 0.848. The summed E-state index contributed by atoms with van der Waals surface area (Å²) in [6.07, 6.45) is 0. The van der Waals surface area contributed by atoms with Crippen LogP contribution in [0.2, 0.25) is 0 Å². The minimum absolute atomic E-state index is 0.0441. The first kappa shape index (κ1) is 16.9. The zero-order valence-electron chi connectivity index (χ0n) is 12.4. The number of hydrogen-bond donors (Lipinski definition) is 2. The lowest BCUT2D eigenvalue weighted by molar-refractivity contribution is 0.238. The molecule has 0 aromatic heterocycles. The van der Waals surface area contributed by atoms with Crippen molar-refractivity contribution in [3.8, 4) is 0 Å². The van der Waals surface area contributed by atoms with E-state index in [0.717, 1.165) is 15.8 Å². The molecule has 2 amide bonds. The van der Waals surface area contributed by atoms with E-state index in [0.29, 0.717) is 6.54 Å². The fourth-order valence-corrected chi connectivity index (χ4v) is 3.42. The fourth-order valence-electron chi connectivity index (χ4n) is 2.00. The first-order valence-corrected chi connectivity index (χ1v) is 8.91. The van der Waals surface area contributed by atoms with Gasteiger partial charge in [0.25, 0.3) is 0 Å². The highest BCUT2D eigenvalue weighted by Crippen LogP contribution is 2.22. The average Bonchev–Trinajstić information content (AvgIpc) is 2.53. The molecule has 0 saturated heterocycles. The van der Waals surface area contributed by atoms with Gasteiger partial charge in [0.05, 0.1) is 6.04 Å². The topological polar surface area (TPSA) is 41.1 Å². The van der Waals surface area contributed by atoms with Gasteiger partial charge in [-0.05, 0) is 30.7 Å². The number of benzene rings is 2. The van der Waals surface area contributed by atoms with E-state index in [-0.39, 0.29) is 12.1 Å². The third-order valence-electron chi connectivity index (χ3n) is 3.12. The second-order valence-corrected chi connectivity index (χ2v) is 6.83. The highest BCUT2D eigenvalue weighted by molar-refractivity contribution is 9.10. The fraction of sp³-hybridized carbons (Fsp3) is 0.235. The van der Waals surface area contributed by atoms with E-state index in [9.17, 15) is 4.79 Å². The van der Waals surface area contributed by atoms with Crippen LogP contribution in [0, 0.1) is 0 Å². The molecule has 0 saturated carbocycles. The van der Waals surface area contributed by atoms with Crippen LogP contribution < -0.4 is 10.6 Å². The molecular formula is C17H19BrN2OS. The van der Waals surface area contributed by atoms with E-state index >= 15 is 0 Å². The van der Waals surface area contributed by atoms with Crippen molar-refractivity contribution in [2.45, 2.75) is 17.9 Å². The van der Waals surface area contributed by atoms with Crippen LogP contribution in [-0.4, -0.2) is 18.3 Å². The van der Waals surface area contributed by atoms with Crippen molar-refractivity contribution in [2.24, 2.45) is 0 Å². The van der Waals surface area contributed by atoms with E-state index in [1.807, 2.05) is 49.4 Å². The van der Waals surface area contributed by atoms with Crippen molar-refractivity contribution in [1.82, 2.24) is 10.6 Å². The molecule has 2 aromatic carbocycles. The summed E-state index contributed by atoms with van der Waals surface area (Å²) >= 11 is 5.23. The summed E-state index contributed by atoms with van der Waals surface area (Å²) in [6, 6.07) is 17.9. The highest BCUT2D eigenvalue weighted by Gasteiger charge is 2.11. The molecule has 22 heavy (non-hydrogen) atoms. The van der Waals surface area contributed by atoms with Gasteiger partial charge in [0.15, 0.2) is 0 Å². The minimum atomic E-state index is -0.142. The molecule has 0 aliphatic heterocycles. The number of thioether (sulfide) groups is 1. The third-order valence-corrected chi connectivity index (χ3v) is 4.85. The molecule has 0 radical (unpaired) electrons. The van der Waals surface area contributed by atoms with Crippen molar-refractivity contribution in [3.63, 3.8) is 0 Å². The molecule has 0 bridgehead atoms. The molecule has 116 valence electrons. The van der Waals surface area contributed by atoms with Crippen LogP contribution in [0.15, 0.2) is 64.0 Å². The van der Waals surface area contributed by atoms with Gasteiger partial charge in [0.1, 0.15) is 0 Å². The zero-order chi connectivity index (χ0) is 15.8. The molecule has 0 heterocycles. The van der Waals surface area contributed by atoms with Crippen molar-refractivity contribution >= 4 is 33.7 Å². The Morgan fingerprint density at radius 3 is 2.55 bits per heavy atom. The van der Waals surface area contributed by atoms with Gasteiger partial charge in [-0.25, -0.2) is 4.79 Å². The Kier molecular flexibility index (Phi) is 6.80.